The van der Waals surface area contributed by atoms with E-state index in [1.54, 1.807) is 0 Å². The smallest absolute Gasteiger partial charge is 0.307 e. The predicted molar refractivity (Wildman–Crippen MR) is 47.5 cm³/mol. The van der Waals surface area contributed by atoms with Crippen molar-refractivity contribution in [1.29, 1.82) is 0 Å². The Bertz CT molecular complexity index is 194. The van der Waals surface area contributed by atoms with Crippen LogP contribution in [0, 0.1) is 5.92 Å². The van der Waals surface area contributed by atoms with Crippen LogP contribution < -0.4 is 0 Å². The van der Waals surface area contributed by atoms with Gasteiger partial charge in [0.15, 0.2) is 0 Å². The van der Waals surface area contributed by atoms with E-state index >= 15 is 0 Å². The number of ether oxygens (including phenoxy) is 1. The number of esters is 1. The zero-order valence-electron chi connectivity index (χ0n) is 7.80. The monoisotopic (exact) mass is 168 g/mol. The lowest BCUT2D eigenvalue weighted by molar-refractivity contribution is -0.137. The van der Waals surface area contributed by atoms with E-state index < -0.39 is 0 Å². The molecule has 1 atom stereocenters. The molecule has 0 saturated carbocycles. The second-order valence-corrected chi connectivity index (χ2v) is 3.31. The van der Waals surface area contributed by atoms with Crippen LogP contribution in [0.25, 0.3) is 0 Å². The Labute approximate surface area is 73.6 Å². The van der Waals surface area contributed by atoms with Crippen molar-refractivity contribution in [3.8, 4) is 0 Å². The van der Waals surface area contributed by atoms with E-state index in [0.717, 1.165) is 30.9 Å². The van der Waals surface area contributed by atoms with Gasteiger partial charge in [-0.15, -0.1) is 0 Å². The van der Waals surface area contributed by atoms with Gasteiger partial charge in [-0.1, -0.05) is 13.3 Å². The second kappa shape index (κ2) is 4.29. The zero-order valence-corrected chi connectivity index (χ0v) is 7.80. The average molecular weight is 168 g/mol. The SMILES string of the molecule is CCC1CC=C(OC(C)=O)CC1. The molecular weight excluding hydrogens is 152 g/mol. The summed E-state index contributed by atoms with van der Waals surface area (Å²) in [5.41, 5.74) is 0. The van der Waals surface area contributed by atoms with Gasteiger partial charge in [-0.05, 0) is 24.8 Å². The Balaban J connectivity index is 2.39. The summed E-state index contributed by atoms with van der Waals surface area (Å²) in [6.07, 6.45) is 6.44. The molecule has 0 fully saturated rings. The molecule has 1 aliphatic rings. The maximum absolute atomic E-state index is 10.6. The summed E-state index contributed by atoms with van der Waals surface area (Å²) in [7, 11) is 0. The molecule has 0 aromatic heterocycles. The minimum Gasteiger partial charge on any atom is -0.432 e. The fraction of sp³-hybridized carbons (Fsp3) is 0.700. The summed E-state index contributed by atoms with van der Waals surface area (Å²) in [5, 5.41) is 0. The van der Waals surface area contributed by atoms with E-state index in [1.165, 1.54) is 13.3 Å². The molecule has 0 radical (unpaired) electrons. The molecule has 1 rings (SSSR count). The number of allylic oxidation sites excluding steroid dienone is 2. The van der Waals surface area contributed by atoms with Crippen LogP contribution in [0.1, 0.15) is 39.5 Å². The molecular formula is C10H16O2. The summed E-state index contributed by atoms with van der Waals surface area (Å²) in [5.74, 6) is 1.47. The van der Waals surface area contributed by atoms with Crippen molar-refractivity contribution < 1.29 is 9.53 Å². The van der Waals surface area contributed by atoms with E-state index in [1.807, 2.05) is 0 Å². The van der Waals surface area contributed by atoms with Gasteiger partial charge in [0, 0.05) is 13.3 Å². The van der Waals surface area contributed by atoms with Gasteiger partial charge in [0.2, 0.25) is 0 Å². The maximum atomic E-state index is 10.6. The molecule has 0 amide bonds. The number of rotatable bonds is 2. The summed E-state index contributed by atoms with van der Waals surface area (Å²) in [4.78, 5) is 10.6. The highest BCUT2D eigenvalue weighted by Crippen LogP contribution is 2.26. The fourth-order valence-electron chi connectivity index (χ4n) is 1.51. The molecule has 2 nitrogen and oxygen atoms in total. The Hall–Kier alpha value is -0.790. The molecule has 68 valence electrons. The van der Waals surface area contributed by atoms with Crippen molar-refractivity contribution in [1.82, 2.24) is 0 Å². The lowest BCUT2D eigenvalue weighted by Crippen LogP contribution is -2.08. The summed E-state index contributed by atoms with van der Waals surface area (Å²) in [6, 6.07) is 0. The summed E-state index contributed by atoms with van der Waals surface area (Å²) < 4.78 is 5.01. The number of hydrogen-bond acceptors (Lipinski definition) is 2. The Morgan fingerprint density at radius 3 is 2.92 bits per heavy atom. The third-order valence-electron chi connectivity index (χ3n) is 2.33. The van der Waals surface area contributed by atoms with Crippen molar-refractivity contribution >= 4 is 5.97 Å². The maximum Gasteiger partial charge on any atom is 0.307 e. The first-order valence-corrected chi connectivity index (χ1v) is 4.59. The highest BCUT2D eigenvalue weighted by molar-refractivity contribution is 5.67. The van der Waals surface area contributed by atoms with Gasteiger partial charge < -0.3 is 4.74 Å². The molecule has 0 aromatic rings. The third-order valence-corrected chi connectivity index (χ3v) is 2.33. The van der Waals surface area contributed by atoms with Gasteiger partial charge in [0.1, 0.15) is 5.76 Å². The van der Waals surface area contributed by atoms with E-state index in [0.29, 0.717) is 0 Å². The van der Waals surface area contributed by atoms with Crippen LogP contribution >= 0.6 is 0 Å². The molecule has 0 N–H and O–H groups in total. The zero-order chi connectivity index (χ0) is 8.97. The minimum absolute atomic E-state index is 0.198. The molecule has 0 bridgehead atoms. The normalized spacial score (nSPS) is 23.2. The van der Waals surface area contributed by atoms with Gasteiger partial charge in [-0.25, -0.2) is 0 Å². The molecule has 0 aliphatic heterocycles. The van der Waals surface area contributed by atoms with E-state index in [2.05, 4.69) is 13.0 Å². The van der Waals surface area contributed by atoms with Crippen molar-refractivity contribution in [3.63, 3.8) is 0 Å². The van der Waals surface area contributed by atoms with E-state index in [-0.39, 0.29) is 5.97 Å². The van der Waals surface area contributed by atoms with Crippen molar-refractivity contribution in [2.45, 2.75) is 39.5 Å². The molecule has 12 heavy (non-hydrogen) atoms. The summed E-state index contributed by atoms with van der Waals surface area (Å²) in [6.45, 7) is 3.65. The first-order valence-electron chi connectivity index (χ1n) is 4.59. The van der Waals surface area contributed by atoms with Crippen LogP contribution in [0.5, 0.6) is 0 Å². The molecule has 1 unspecified atom stereocenters. The van der Waals surface area contributed by atoms with Gasteiger partial charge in [-0.2, -0.15) is 0 Å². The fourth-order valence-corrected chi connectivity index (χ4v) is 1.51. The van der Waals surface area contributed by atoms with Gasteiger partial charge in [0.25, 0.3) is 0 Å². The molecule has 2 heteroatoms. The average Bonchev–Trinajstić information content (AvgIpc) is 2.05. The number of carbonyl (C=O) groups excluding carboxylic acids is 1. The Morgan fingerprint density at radius 1 is 1.75 bits per heavy atom. The van der Waals surface area contributed by atoms with Crippen LogP contribution in [0.4, 0.5) is 0 Å². The van der Waals surface area contributed by atoms with Crippen LogP contribution in [0.2, 0.25) is 0 Å². The molecule has 0 saturated heterocycles. The Morgan fingerprint density at radius 2 is 2.50 bits per heavy atom. The molecule has 0 heterocycles. The first-order chi connectivity index (χ1) is 5.72. The molecule has 1 aliphatic carbocycles. The standard InChI is InChI=1S/C10H16O2/c1-3-9-4-6-10(7-5-9)12-8(2)11/h6,9H,3-5,7H2,1-2H3. The van der Waals surface area contributed by atoms with E-state index in [4.69, 9.17) is 4.74 Å². The van der Waals surface area contributed by atoms with Gasteiger partial charge in [0.05, 0.1) is 0 Å². The van der Waals surface area contributed by atoms with E-state index in [9.17, 15) is 4.79 Å². The number of hydrogen-bond donors (Lipinski definition) is 0. The van der Waals surface area contributed by atoms with Crippen molar-refractivity contribution in [3.05, 3.63) is 11.8 Å². The van der Waals surface area contributed by atoms with Crippen LogP contribution in [0.3, 0.4) is 0 Å². The van der Waals surface area contributed by atoms with Crippen molar-refractivity contribution in [2.24, 2.45) is 5.92 Å². The van der Waals surface area contributed by atoms with Crippen LogP contribution in [-0.4, -0.2) is 5.97 Å². The topological polar surface area (TPSA) is 26.3 Å². The van der Waals surface area contributed by atoms with Crippen LogP contribution in [0.15, 0.2) is 11.8 Å². The summed E-state index contributed by atoms with van der Waals surface area (Å²) >= 11 is 0. The minimum atomic E-state index is -0.198. The number of carbonyl (C=O) groups is 1. The quantitative estimate of drug-likeness (QED) is 0.592. The van der Waals surface area contributed by atoms with Crippen molar-refractivity contribution in [2.75, 3.05) is 0 Å². The largest absolute Gasteiger partial charge is 0.432 e. The molecule has 0 aromatic carbocycles. The second-order valence-electron chi connectivity index (χ2n) is 3.31. The predicted octanol–water partition coefficient (Wildman–Crippen LogP) is 2.64. The first kappa shape index (κ1) is 9.30. The lowest BCUT2D eigenvalue weighted by atomic mass is 9.91. The lowest BCUT2D eigenvalue weighted by Gasteiger charge is -2.19. The molecule has 0 spiro atoms. The Kier molecular flexibility index (Phi) is 3.32. The highest BCUT2D eigenvalue weighted by atomic mass is 16.5. The van der Waals surface area contributed by atoms with Gasteiger partial charge >= 0.3 is 5.97 Å². The third kappa shape index (κ3) is 2.68. The highest BCUT2D eigenvalue weighted by Gasteiger charge is 2.14. The van der Waals surface area contributed by atoms with Gasteiger partial charge in [-0.3, -0.25) is 4.79 Å². The van der Waals surface area contributed by atoms with Crippen LogP contribution in [-0.2, 0) is 9.53 Å².